The van der Waals surface area contributed by atoms with E-state index < -0.39 is 28.6 Å². The molecule has 0 saturated carbocycles. The number of rotatable bonds is 6. The fourth-order valence-electron chi connectivity index (χ4n) is 3.66. The van der Waals surface area contributed by atoms with Crippen molar-refractivity contribution in [2.45, 2.75) is 25.6 Å². The van der Waals surface area contributed by atoms with Crippen molar-refractivity contribution in [2.24, 2.45) is 0 Å². The molecule has 1 atom stereocenters. The van der Waals surface area contributed by atoms with Gasteiger partial charge in [-0.1, -0.05) is 18.2 Å². The van der Waals surface area contributed by atoms with E-state index in [-0.39, 0.29) is 35.0 Å². The van der Waals surface area contributed by atoms with Gasteiger partial charge in [-0.3, -0.25) is 14.9 Å². The van der Waals surface area contributed by atoms with Crippen LogP contribution in [0.5, 0.6) is 11.5 Å². The number of nitrogens with one attached hydrogen (secondary N) is 1. The second kappa shape index (κ2) is 9.41. The third kappa shape index (κ3) is 5.19. The van der Waals surface area contributed by atoms with Crippen LogP contribution in [0.15, 0.2) is 47.4 Å². The second-order valence-electron chi connectivity index (χ2n) is 7.57. The van der Waals surface area contributed by atoms with Gasteiger partial charge in [-0.15, -0.1) is 0 Å². The predicted octanol–water partition coefficient (Wildman–Crippen LogP) is 5.20. The number of alkyl halides is 3. The van der Waals surface area contributed by atoms with Gasteiger partial charge in [0.25, 0.3) is 11.1 Å². The molecule has 2 aliphatic heterocycles. The monoisotopic (exact) mass is 492 g/mol. The first-order valence-electron chi connectivity index (χ1n) is 10.3. The molecule has 1 N–H and O–H groups in total. The van der Waals surface area contributed by atoms with Crippen LogP contribution in [0.4, 0.5) is 22.8 Å². The number of thioether (sulfide) groups is 1. The van der Waals surface area contributed by atoms with E-state index in [0.717, 1.165) is 11.6 Å². The average molecular weight is 492 g/mol. The molecule has 2 heterocycles. The molecular formula is C23H19F3N2O5S. The van der Waals surface area contributed by atoms with Crippen LogP contribution >= 0.6 is 11.8 Å². The van der Waals surface area contributed by atoms with E-state index in [1.807, 2.05) is 6.92 Å². The standard InChI is InChI=1S/C23H19F3N2O5S/c1-2-28-15(12-32-22(28)31)9-13-3-6-16(7-4-13)33-18-8-5-14(10-17(18)23(24,25)26)11-19-20(29)27-21(30)34-19/h3-8,10-11,15H,2,9,12H2,1H3,(H,27,29,30)/b19-11+. The summed E-state index contributed by atoms with van der Waals surface area (Å²) in [6, 6.07) is 9.88. The van der Waals surface area contributed by atoms with Gasteiger partial charge in [0.1, 0.15) is 18.1 Å². The lowest BCUT2D eigenvalue weighted by Gasteiger charge is -2.19. The first kappa shape index (κ1) is 23.7. The van der Waals surface area contributed by atoms with E-state index in [4.69, 9.17) is 9.47 Å². The van der Waals surface area contributed by atoms with Crippen LogP contribution in [0, 0.1) is 0 Å². The smallest absolute Gasteiger partial charge is 0.420 e. The van der Waals surface area contributed by atoms with Gasteiger partial charge in [-0.25, -0.2) is 4.79 Å². The Morgan fingerprint density at radius 1 is 1.18 bits per heavy atom. The van der Waals surface area contributed by atoms with Gasteiger partial charge in [-0.05, 0) is 66.6 Å². The Hall–Kier alpha value is -3.47. The number of benzene rings is 2. The molecular weight excluding hydrogens is 473 g/mol. The molecule has 0 radical (unpaired) electrons. The number of amides is 3. The van der Waals surface area contributed by atoms with Crippen molar-refractivity contribution in [3.63, 3.8) is 0 Å². The van der Waals surface area contributed by atoms with Gasteiger partial charge in [0.2, 0.25) is 0 Å². The van der Waals surface area contributed by atoms with E-state index in [1.54, 1.807) is 29.2 Å². The van der Waals surface area contributed by atoms with E-state index in [1.165, 1.54) is 18.2 Å². The lowest BCUT2D eigenvalue weighted by Crippen LogP contribution is -2.34. The van der Waals surface area contributed by atoms with E-state index in [2.05, 4.69) is 5.32 Å². The second-order valence-corrected chi connectivity index (χ2v) is 8.59. The third-order valence-electron chi connectivity index (χ3n) is 5.29. The number of halogens is 3. The lowest BCUT2D eigenvalue weighted by molar-refractivity contribution is -0.138. The summed E-state index contributed by atoms with van der Waals surface area (Å²) in [5.41, 5.74) is -0.0222. The van der Waals surface area contributed by atoms with Crippen LogP contribution in [0.3, 0.4) is 0 Å². The molecule has 0 spiro atoms. The van der Waals surface area contributed by atoms with Crippen molar-refractivity contribution >= 4 is 35.1 Å². The summed E-state index contributed by atoms with van der Waals surface area (Å²) in [5, 5.41) is 1.48. The molecule has 0 bridgehead atoms. The number of imide groups is 1. The van der Waals surface area contributed by atoms with Crippen molar-refractivity contribution in [2.75, 3.05) is 13.2 Å². The highest BCUT2D eigenvalue weighted by atomic mass is 32.2. The Labute approximate surface area is 196 Å². The number of hydrogen-bond acceptors (Lipinski definition) is 6. The van der Waals surface area contributed by atoms with Gasteiger partial charge in [0, 0.05) is 6.54 Å². The highest BCUT2D eigenvalue weighted by molar-refractivity contribution is 8.18. The van der Waals surface area contributed by atoms with Gasteiger partial charge in [-0.2, -0.15) is 13.2 Å². The fraction of sp³-hybridized carbons (Fsp3) is 0.261. The topological polar surface area (TPSA) is 84.9 Å². The summed E-state index contributed by atoms with van der Waals surface area (Å²) < 4.78 is 51.7. The number of carbonyl (C=O) groups excluding carboxylic acids is 3. The molecule has 4 rings (SSSR count). The Kier molecular flexibility index (Phi) is 6.56. The molecule has 34 heavy (non-hydrogen) atoms. The van der Waals surface area contributed by atoms with E-state index >= 15 is 0 Å². The average Bonchev–Trinajstić information content (AvgIpc) is 3.29. The van der Waals surface area contributed by atoms with Crippen molar-refractivity contribution in [1.29, 1.82) is 0 Å². The predicted molar refractivity (Wildman–Crippen MR) is 118 cm³/mol. The zero-order valence-electron chi connectivity index (χ0n) is 17.8. The van der Waals surface area contributed by atoms with Gasteiger partial charge in [0.15, 0.2) is 0 Å². The Balaban J connectivity index is 1.52. The first-order valence-corrected chi connectivity index (χ1v) is 11.1. The zero-order valence-corrected chi connectivity index (χ0v) is 18.7. The van der Waals surface area contributed by atoms with Gasteiger partial charge in [0.05, 0.1) is 16.5 Å². The van der Waals surface area contributed by atoms with Crippen LogP contribution in [0.25, 0.3) is 6.08 Å². The zero-order chi connectivity index (χ0) is 24.5. The van der Waals surface area contributed by atoms with E-state index in [0.29, 0.717) is 24.7 Å². The molecule has 2 aliphatic rings. The van der Waals surface area contributed by atoms with Crippen molar-refractivity contribution in [1.82, 2.24) is 10.2 Å². The van der Waals surface area contributed by atoms with Gasteiger partial charge >= 0.3 is 12.3 Å². The summed E-state index contributed by atoms with van der Waals surface area (Å²) in [4.78, 5) is 36.3. The maximum absolute atomic E-state index is 13.7. The fourth-order valence-corrected chi connectivity index (χ4v) is 4.34. The highest BCUT2D eigenvalue weighted by Gasteiger charge is 2.35. The highest BCUT2D eigenvalue weighted by Crippen LogP contribution is 2.39. The SMILES string of the molecule is CCN1C(=O)OCC1Cc1ccc(Oc2ccc(/C=C3/SC(=O)NC3=O)cc2C(F)(F)F)cc1. The third-order valence-corrected chi connectivity index (χ3v) is 6.10. The molecule has 2 aromatic rings. The van der Waals surface area contributed by atoms with E-state index in [9.17, 15) is 27.6 Å². The maximum Gasteiger partial charge on any atom is 0.420 e. The first-order chi connectivity index (χ1) is 16.1. The number of ether oxygens (including phenoxy) is 2. The van der Waals surface area contributed by atoms with Crippen molar-refractivity contribution in [3.8, 4) is 11.5 Å². The Morgan fingerprint density at radius 3 is 2.53 bits per heavy atom. The van der Waals surface area contributed by atoms with Crippen molar-refractivity contribution < 1.29 is 37.0 Å². The van der Waals surface area contributed by atoms with Gasteiger partial charge < -0.3 is 14.4 Å². The Morgan fingerprint density at radius 2 is 1.91 bits per heavy atom. The summed E-state index contributed by atoms with van der Waals surface area (Å²) in [6.07, 6.45) is -3.30. The van der Waals surface area contributed by atoms with Crippen molar-refractivity contribution in [3.05, 3.63) is 64.1 Å². The number of carbonyl (C=O) groups is 3. The minimum absolute atomic E-state index is 0.0124. The summed E-state index contributed by atoms with van der Waals surface area (Å²) in [6.45, 7) is 2.67. The molecule has 178 valence electrons. The lowest BCUT2D eigenvalue weighted by atomic mass is 10.1. The molecule has 0 aliphatic carbocycles. The number of likely N-dealkylation sites (N-methyl/N-ethyl adjacent to an activating group) is 1. The largest absolute Gasteiger partial charge is 0.457 e. The van der Waals surface area contributed by atoms with Crippen LogP contribution in [0.2, 0.25) is 0 Å². The minimum atomic E-state index is -4.71. The quantitative estimate of drug-likeness (QED) is 0.558. The molecule has 3 amide bonds. The summed E-state index contributed by atoms with van der Waals surface area (Å²) in [5.74, 6) is -0.837. The molecule has 2 saturated heterocycles. The Bertz CT molecular complexity index is 1160. The molecule has 1 unspecified atom stereocenters. The molecule has 11 heteroatoms. The molecule has 0 aromatic heterocycles. The summed E-state index contributed by atoms with van der Waals surface area (Å²) in [7, 11) is 0. The number of nitrogens with zero attached hydrogens (tertiary/aromatic N) is 1. The maximum atomic E-state index is 13.7. The normalized spacial score (nSPS) is 19.5. The molecule has 2 aromatic carbocycles. The van der Waals surface area contributed by atoms with Crippen LogP contribution < -0.4 is 10.1 Å². The van der Waals surface area contributed by atoms with Crippen LogP contribution in [-0.4, -0.2) is 41.3 Å². The molecule has 7 nitrogen and oxygen atoms in total. The van der Waals surface area contributed by atoms with Crippen LogP contribution in [0.1, 0.15) is 23.6 Å². The number of cyclic esters (lactones) is 1. The minimum Gasteiger partial charge on any atom is -0.457 e. The summed E-state index contributed by atoms with van der Waals surface area (Å²) >= 11 is 0.622. The van der Waals surface area contributed by atoms with Crippen LogP contribution in [-0.2, 0) is 22.1 Å². The molecule has 2 fully saturated rings. The number of hydrogen-bond donors (Lipinski definition) is 1.